The number of nitrogens with zero attached hydrogens (tertiary/aromatic N) is 1. The molecule has 0 aromatic rings. The number of carbonyl (C=O) groups is 1. The summed E-state index contributed by atoms with van der Waals surface area (Å²) < 4.78 is 6.60. The molecule has 6 heteroatoms. The zero-order valence-corrected chi connectivity index (χ0v) is 22.4. The second-order valence-electron chi connectivity index (χ2n) is 10.6. The van der Waals surface area contributed by atoms with Crippen molar-refractivity contribution < 1.29 is 9.22 Å². The van der Waals surface area contributed by atoms with Crippen molar-refractivity contribution in [1.82, 2.24) is 4.90 Å². The van der Waals surface area contributed by atoms with Crippen LogP contribution in [0.25, 0.3) is 0 Å². The van der Waals surface area contributed by atoms with Crippen molar-refractivity contribution in [3.63, 3.8) is 0 Å². The quantitative estimate of drug-likeness (QED) is 0.267. The molecular weight excluding hydrogens is 421 g/mol. The molecule has 1 amide bonds. The number of carbonyl (C=O) groups excluding carboxylic acids is 1. The van der Waals surface area contributed by atoms with Gasteiger partial charge in [0.2, 0.25) is 0 Å². The van der Waals surface area contributed by atoms with Gasteiger partial charge < -0.3 is 0 Å². The molecule has 0 N–H and O–H groups in total. The van der Waals surface area contributed by atoms with Gasteiger partial charge in [0.15, 0.2) is 0 Å². The van der Waals surface area contributed by atoms with E-state index in [1.54, 1.807) is 0 Å². The summed E-state index contributed by atoms with van der Waals surface area (Å²) in [6.45, 7) is 27.5. The van der Waals surface area contributed by atoms with Crippen molar-refractivity contribution in [2.24, 2.45) is 5.92 Å². The molecule has 1 fully saturated rings. The van der Waals surface area contributed by atoms with E-state index in [0.29, 0.717) is 26.4 Å². The summed E-state index contributed by atoms with van der Waals surface area (Å²) in [6, 6.07) is 1.35. The molecule has 0 aromatic heterocycles. The summed E-state index contributed by atoms with van der Waals surface area (Å²) in [7, 11) is -2.89. The summed E-state index contributed by atoms with van der Waals surface area (Å²) in [5.74, 6) is 0.323. The molecular formula is C20H41NO2SeSi2. The number of hydrogen-bond donors (Lipinski definition) is 0. The zero-order valence-electron chi connectivity index (χ0n) is 18.7. The average Bonchev–Trinajstić information content (AvgIpc) is 2.40. The van der Waals surface area contributed by atoms with Crippen LogP contribution >= 0.6 is 0 Å². The molecule has 3 nitrogen and oxygen atoms in total. The molecule has 1 rings (SSSR count). The fourth-order valence-electron chi connectivity index (χ4n) is 2.84. The molecule has 1 heterocycles. The van der Waals surface area contributed by atoms with Gasteiger partial charge in [-0.3, -0.25) is 0 Å². The van der Waals surface area contributed by atoms with E-state index < -0.39 is 16.4 Å². The van der Waals surface area contributed by atoms with E-state index in [0.717, 1.165) is 5.57 Å². The van der Waals surface area contributed by atoms with Crippen LogP contribution in [0.2, 0.25) is 49.1 Å². The molecule has 26 heavy (non-hydrogen) atoms. The Labute approximate surface area is 170 Å². The molecule has 0 aliphatic carbocycles. The Hall–Kier alpha value is 0.123. The van der Waals surface area contributed by atoms with Gasteiger partial charge in [-0.25, -0.2) is 0 Å². The third-order valence-corrected chi connectivity index (χ3v) is 15.5. The van der Waals surface area contributed by atoms with Crippen LogP contribution in [0, 0.1) is 5.92 Å². The third kappa shape index (κ3) is 6.33. The van der Waals surface area contributed by atoms with Crippen LogP contribution in [0.4, 0.5) is 0 Å². The zero-order chi connectivity index (χ0) is 20.5. The second-order valence-corrected chi connectivity index (χ2v) is 23.6. The van der Waals surface area contributed by atoms with E-state index in [1.807, 2.05) is 6.92 Å². The van der Waals surface area contributed by atoms with E-state index in [4.69, 9.17) is 4.43 Å². The van der Waals surface area contributed by atoms with Crippen LogP contribution in [0.3, 0.4) is 0 Å². The normalized spacial score (nSPS) is 23.0. The average molecular weight is 463 g/mol. The van der Waals surface area contributed by atoms with Gasteiger partial charge in [-0.1, -0.05) is 0 Å². The Kier molecular flexibility index (Phi) is 8.03. The predicted octanol–water partition coefficient (Wildman–Crippen LogP) is 5.22. The topological polar surface area (TPSA) is 29.5 Å². The van der Waals surface area contributed by atoms with Crippen LogP contribution in [0.5, 0.6) is 0 Å². The minimum atomic E-state index is -1.86. The van der Waals surface area contributed by atoms with Crippen molar-refractivity contribution in [3.05, 3.63) is 12.2 Å². The first-order valence-corrected chi connectivity index (χ1v) is 18.6. The molecule has 1 aliphatic heterocycles. The Morgan fingerprint density at radius 1 is 1.27 bits per heavy atom. The molecule has 3 atom stereocenters. The van der Waals surface area contributed by atoms with Gasteiger partial charge in [0.25, 0.3) is 0 Å². The van der Waals surface area contributed by atoms with Gasteiger partial charge in [0, 0.05) is 0 Å². The standard InChI is InChI=1S/C20H41NO2SeSi2/c1-15(2)14-21-18(22)17(19(21)24-12-13-25(7,8)9)16(3)23-26(10,11)20(4,5)6/h16-17,19H,1,12-14H2,2-11H3/t16-,17+,19-/m1/s1. The van der Waals surface area contributed by atoms with E-state index in [9.17, 15) is 4.79 Å². The molecule has 0 saturated carbocycles. The Morgan fingerprint density at radius 3 is 2.23 bits per heavy atom. The molecule has 0 radical (unpaired) electrons. The second kappa shape index (κ2) is 8.65. The fraction of sp³-hybridized carbons (Fsp3) is 0.850. The molecule has 1 aliphatic rings. The monoisotopic (exact) mass is 463 g/mol. The number of hydrogen-bond acceptors (Lipinski definition) is 2. The number of likely N-dealkylation sites (tertiary alicyclic amines) is 1. The van der Waals surface area contributed by atoms with Crippen LogP contribution < -0.4 is 0 Å². The molecule has 1 saturated heterocycles. The van der Waals surface area contributed by atoms with Gasteiger partial charge >= 0.3 is 171 Å². The Balaban J connectivity index is 2.85. The van der Waals surface area contributed by atoms with Gasteiger partial charge in [-0.05, 0) is 0 Å². The van der Waals surface area contributed by atoms with Gasteiger partial charge in [-0.2, -0.15) is 0 Å². The van der Waals surface area contributed by atoms with Gasteiger partial charge in [-0.15, -0.1) is 0 Å². The molecule has 0 unspecified atom stereocenters. The van der Waals surface area contributed by atoms with Crippen molar-refractivity contribution in [2.45, 2.75) is 94.8 Å². The van der Waals surface area contributed by atoms with E-state index in [1.165, 1.54) is 11.4 Å². The fourth-order valence-corrected chi connectivity index (χ4v) is 12.0. The summed E-state index contributed by atoms with van der Waals surface area (Å²) in [4.78, 5) is 15.3. The van der Waals surface area contributed by atoms with Crippen molar-refractivity contribution >= 4 is 37.3 Å². The summed E-state index contributed by atoms with van der Waals surface area (Å²) in [5, 5.41) is 1.45. The number of rotatable bonds is 9. The Bertz CT molecular complexity index is 523. The van der Waals surface area contributed by atoms with E-state index >= 15 is 0 Å². The van der Waals surface area contributed by atoms with Crippen molar-refractivity contribution in [2.75, 3.05) is 6.54 Å². The third-order valence-electron chi connectivity index (χ3n) is 5.56. The molecule has 0 aromatic carbocycles. The van der Waals surface area contributed by atoms with Crippen LogP contribution in [0.1, 0.15) is 34.6 Å². The van der Waals surface area contributed by atoms with Gasteiger partial charge in [0.05, 0.1) is 0 Å². The van der Waals surface area contributed by atoms with Crippen molar-refractivity contribution in [3.8, 4) is 0 Å². The molecule has 0 bridgehead atoms. The van der Waals surface area contributed by atoms with Crippen LogP contribution in [0.15, 0.2) is 12.2 Å². The van der Waals surface area contributed by atoms with Crippen LogP contribution in [-0.4, -0.2) is 59.7 Å². The minimum absolute atomic E-state index is 0.0171. The SMILES string of the molecule is C=C(C)CN1C(=O)[C@H]([C@@H](C)O[Si](C)(C)C(C)(C)C)[C@H]1[Se]CC[Si](C)(C)C. The van der Waals surface area contributed by atoms with Crippen LogP contribution in [-0.2, 0) is 9.22 Å². The van der Waals surface area contributed by atoms with Crippen molar-refractivity contribution in [1.29, 1.82) is 0 Å². The Morgan fingerprint density at radius 2 is 1.81 bits per heavy atom. The number of amides is 1. The predicted molar refractivity (Wildman–Crippen MR) is 120 cm³/mol. The maximum atomic E-state index is 12.9. The summed E-state index contributed by atoms with van der Waals surface area (Å²) in [6.07, 6.45) is 0.0171. The van der Waals surface area contributed by atoms with E-state index in [-0.39, 0.29) is 23.0 Å². The summed E-state index contributed by atoms with van der Waals surface area (Å²) >= 11 is 0.458. The first-order valence-electron chi connectivity index (χ1n) is 9.81. The van der Waals surface area contributed by atoms with E-state index in [2.05, 4.69) is 71.9 Å². The molecule has 0 spiro atoms. The molecule has 152 valence electrons. The number of β-lactam (4-membered cyclic amide) rings is 1. The summed E-state index contributed by atoms with van der Waals surface area (Å²) in [5.41, 5.74) is 1.07. The first-order chi connectivity index (χ1) is 11.6. The van der Waals surface area contributed by atoms with Gasteiger partial charge in [0.1, 0.15) is 0 Å². The maximum absolute atomic E-state index is 12.9. The first kappa shape index (κ1) is 24.2.